The normalized spacial score (nSPS) is 31.7. The van der Waals surface area contributed by atoms with Crippen molar-refractivity contribution in [1.82, 2.24) is 15.3 Å². The number of nitrogens with zero attached hydrogens (tertiary/aromatic N) is 1. The third kappa shape index (κ3) is 2.32. The molecular weight excluding hydrogens is 354 g/mol. The van der Waals surface area contributed by atoms with E-state index in [0.717, 1.165) is 21.4 Å². The molecule has 2 aromatic heterocycles. The molecule has 0 spiro atoms. The van der Waals surface area contributed by atoms with Gasteiger partial charge in [0.25, 0.3) is 5.91 Å². The number of pyridine rings is 1. The predicted molar refractivity (Wildman–Crippen MR) is 94.2 cm³/mol. The van der Waals surface area contributed by atoms with Crippen molar-refractivity contribution in [2.75, 3.05) is 0 Å². The van der Waals surface area contributed by atoms with Crippen LogP contribution in [0.4, 0.5) is 0 Å². The van der Waals surface area contributed by atoms with Crippen molar-refractivity contribution in [2.24, 2.45) is 23.2 Å². The van der Waals surface area contributed by atoms with Crippen molar-refractivity contribution in [2.45, 2.75) is 39.7 Å². The maximum absolute atomic E-state index is 12.7. The van der Waals surface area contributed by atoms with Gasteiger partial charge in [-0.15, -0.1) is 0 Å². The van der Waals surface area contributed by atoms with Gasteiger partial charge in [0, 0.05) is 22.1 Å². The lowest BCUT2D eigenvalue weighted by molar-refractivity contribution is 0.0832. The maximum Gasteiger partial charge on any atom is 0.268 e. The average molecular weight is 376 g/mol. The second-order valence-electron chi connectivity index (χ2n) is 7.89. The van der Waals surface area contributed by atoms with Crippen LogP contribution in [-0.2, 0) is 0 Å². The Bertz CT molecular complexity index is 780. The molecule has 23 heavy (non-hydrogen) atoms. The molecule has 2 fully saturated rings. The zero-order valence-electron chi connectivity index (χ0n) is 13.7. The fourth-order valence-corrected chi connectivity index (χ4v) is 5.45. The summed E-state index contributed by atoms with van der Waals surface area (Å²) in [5.41, 5.74) is 1.75. The molecule has 2 N–H and O–H groups in total. The summed E-state index contributed by atoms with van der Waals surface area (Å²) in [6.07, 6.45) is 4.19. The zero-order chi connectivity index (χ0) is 16.4. The second kappa shape index (κ2) is 5.07. The van der Waals surface area contributed by atoms with Crippen molar-refractivity contribution in [3.05, 3.63) is 28.5 Å². The van der Waals surface area contributed by atoms with Gasteiger partial charge < -0.3 is 10.3 Å². The third-order valence-electron chi connectivity index (χ3n) is 6.08. The number of fused-ring (bicyclic) bond motifs is 3. The fraction of sp³-hybridized carbons (Fsp3) is 0.556. The zero-order valence-corrected chi connectivity index (χ0v) is 15.3. The van der Waals surface area contributed by atoms with E-state index in [1.807, 2.05) is 12.1 Å². The number of carbonyl (C=O) groups excluding carboxylic acids is 1. The smallest absolute Gasteiger partial charge is 0.268 e. The molecule has 2 aliphatic rings. The van der Waals surface area contributed by atoms with Crippen LogP contribution in [0.2, 0.25) is 0 Å². The number of rotatable bonds is 2. The highest BCUT2D eigenvalue weighted by Gasteiger charge is 2.54. The molecule has 4 atom stereocenters. The van der Waals surface area contributed by atoms with Gasteiger partial charge in [-0.25, -0.2) is 4.98 Å². The molecular formula is C18H22BrN3O. The lowest BCUT2D eigenvalue weighted by Gasteiger charge is -2.39. The lowest BCUT2D eigenvalue weighted by atomic mass is 9.70. The standard InChI is InChI=1S/C18H22BrN3O/c1-9-12-6-10(8-18(12,2)3)15(9)22-17(23)14-7-11-13(19)4-5-20-16(11)21-14/h4-5,7,9-10,12,15H,6,8H2,1-3H3,(H,20,21)(H,22,23)/t9-,10?,12-,15+/m0/s1. The first-order valence-electron chi connectivity index (χ1n) is 8.31. The Morgan fingerprint density at radius 2 is 2.26 bits per heavy atom. The lowest BCUT2D eigenvalue weighted by Crippen LogP contribution is -2.46. The van der Waals surface area contributed by atoms with E-state index in [1.54, 1.807) is 6.20 Å². The molecule has 4 nitrogen and oxygen atoms in total. The molecule has 1 unspecified atom stereocenters. The van der Waals surface area contributed by atoms with Crippen LogP contribution in [0.15, 0.2) is 22.8 Å². The van der Waals surface area contributed by atoms with Gasteiger partial charge >= 0.3 is 0 Å². The number of H-pyrrole nitrogens is 1. The molecule has 0 aromatic carbocycles. The van der Waals surface area contributed by atoms with E-state index >= 15 is 0 Å². The SMILES string of the molecule is C[C@@H]1[C@@H](NC(=O)c2cc3c(Br)ccnc3[nH]2)C2C[C@@H]1C(C)(C)C2. The summed E-state index contributed by atoms with van der Waals surface area (Å²) in [5, 5.41) is 4.23. The predicted octanol–water partition coefficient (Wildman–Crippen LogP) is 4.13. The largest absolute Gasteiger partial charge is 0.347 e. The van der Waals surface area contributed by atoms with E-state index in [2.05, 4.69) is 52.0 Å². The Morgan fingerprint density at radius 3 is 2.91 bits per heavy atom. The highest BCUT2D eigenvalue weighted by Crippen LogP contribution is 2.58. The minimum absolute atomic E-state index is 0.0166. The van der Waals surface area contributed by atoms with Gasteiger partial charge in [-0.1, -0.05) is 20.8 Å². The van der Waals surface area contributed by atoms with E-state index in [1.165, 1.54) is 12.8 Å². The van der Waals surface area contributed by atoms with E-state index in [0.29, 0.717) is 29.0 Å². The third-order valence-corrected chi connectivity index (χ3v) is 6.77. The summed E-state index contributed by atoms with van der Waals surface area (Å²) < 4.78 is 0.952. The monoisotopic (exact) mass is 375 g/mol. The molecule has 1 amide bonds. The summed E-state index contributed by atoms with van der Waals surface area (Å²) in [6, 6.07) is 4.06. The number of hydrogen-bond donors (Lipinski definition) is 2. The second-order valence-corrected chi connectivity index (χ2v) is 8.75. The molecule has 2 aromatic rings. The Morgan fingerprint density at radius 1 is 1.48 bits per heavy atom. The summed E-state index contributed by atoms with van der Waals surface area (Å²) in [7, 11) is 0. The number of aromatic amines is 1. The Hall–Kier alpha value is -1.36. The molecule has 2 heterocycles. The van der Waals surface area contributed by atoms with Gasteiger partial charge in [0.15, 0.2) is 0 Å². The highest BCUT2D eigenvalue weighted by molar-refractivity contribution is 9.10. The van der Waals surface area contributed by atoms with Crippen molar-refractivity contribution in [1.29, 1.82) is 0 Å². The van der Waals surface area contributed by atoms with Crippen LogP contribution in [0, 0.1) is 23.2 Å². The van der Waals surface area contributed by atoms with E-state index in [-0.39, 0.29) is 5.91 Å². The van der Waals surface area contributed by atoms with Crippen molar-refractivity contribution < 1.29 is 4.79 Å². The molecule has 0 radical (unpaired) electrons. The maximum atomic E-state index is 12.7. The van der Waals surface area contributed by atoms with Gasteiger partial charge in [-0.05, 0) is 64.1 Å². The van der Waals surface area contributed by atoms with Crippen molar-refractivity contribution >= 4 is 32.9 Å². The summed E-state index contributed by atoms with van der Waals surface area (Å²) in [5.74, 6) is 1.86. The molecule has 0 aliphatic heterocycles. The minimum atomic E-state index is -0.0166. The number of aromatic nitrogens is 2. The molecule has 4 rings (SSSR count). The Labute approximate surface area is 144 Å². The molecule has 0 saturated heterocycles. The first-order chi connectivity index (χ1) is 10.9. The van der Waals surface area contributed by atoms with Gasteiger partial charge in [-0.3, -0.25) is 4.79 Å². The Kier molecular flexibility index (Phi) is 3.34. The summed E-state index contributed by atoms with van der Waals surface area (Å²) >= 11 is 3.50. The Balaban J connectivity index is 1.55. The quantitative estimate of drug-likeness (QED) is 0.828. The molecule has 122 valence electrons. The number of halogens is 1. The number of amides is 1. The number of carbonyl (C=O) groups is 1. The summed E-state index contributed by atoms with van der Waals surface area (Å²) in [6.45, 7) is 7.03. The van der Waals surface area contributed by atoms with Crippen LogP contribution in [0.1, 0.15) is 44.1 Å². The molecule has 2 bridgehead atoms. The van der Waals surface area contributed by atoms with E-state index < -0.39 is 0 Å². The van der Waals surface area contributed by atoms with Crippen molar-refractivity contribution in [3.63, 3.8) is 0 Å². The number of hydrogen-bond acceptors (Lipinski definition) is 2. The first kappa shape index (κ1) is 15.2. The molecule has 2 aliphatic carbocycles. The van der Waals surface area contributed by atoms with Gasteiger partial charge in [0.05, 0.1) is 0 Å². The average Bonchev–Trinajstić information content (AvgIpc) is 3.12. The van der Waals surface area contributed by atoms with Crippen LogP contribution in [0.3, 0.4) is 0 Å². The van der Waals surface area contributed by atoms with Crippen LogP contribution in [-0.4, -0.2) is 21.9 Å². The van der Waals surface area contributed by atoms with E-state index in [4.69, 9.17) is 0 Å². The van der Waals surface area contributed by atoms with Crippen LogP contribution in [0.25, 0.3) is 11.0 Å². The van der Waals surface area contributed by atoms with Gasteiger partial charge in [-0.2, -0.15) is 0 Å². The molecule has 5 heteroatoms. The number of nitrogens with one attached hydrogen (secondary N) is 2. The van der Waals surface area contributed by atoms with Crippen LogP contribution >= 0.6 is 15.9 Å². The highest BCUT2D eigenvalue weighted by atomic mass is 79.9. The van der Waals surface area contributed by atoms with Crippen molar-refractivity contribution in [3.8, 4) is 0 Å². The van der Waals surface area contributed by atoms with Crippen LogP contribution in [0.5, 0.6) is 0 Å². The van der Waals surface area contributed by atoms with E-state index in [9.17, 15) is 4.79 Å². The first-order valence-corrected chi connectivity index (χ1v) is 9.10. The fourth-order valence-electron chi connectivity index (χ4n) is 5.03. The van der Waals surface area contributed by atoms with Crippen LogP contribution < -0.4 is 5.32 Å². The van der Waals surface area contributed by atoms with Gasteiger partial charge in [0.2, 0.25) is 0 Å². The minimum Gasteiger partial charge on any atom is -0.347 e. The topological polar surface area (TPSA) is 57.8 Å². The van der Waals surface area contributed by atoms with Gasteiger partial charge in [0.1, 0.15) is 11.3 Å². The summed E-state index contributed by atoms with van der Waals surface area (Å²) in [4.78, 5) is 20.1. The molecule has 2 saturated carbocycles.